The number of aryl methyl sites for hydroxylation is 2. The molecule has 132 valence electrons. The molecule has 0 aliphatic heterocycles. The monoisotopic (exact) mass is 405 g/mol. The molecule has 3 aromatic rings. The first-order chi connectivity index (χ1) is 12.1. The number of halogens is 1. The summed E-state index contributed by atoms with van der Waals surface area (Å²) in [7, 11) is 0. The highest BCUT2D eigenvalue weighted by Crippen LogP contribution is 2.23. The molecule has 0 bridgehead atoms. The number of nitrogens with zero attached hydrogens (tertiary/aromatic N) is 2. The number of rotatable bonds is 7. The number of benzene rings is 1. The number of fused-ring (bicyclic) bond motifs is 1. The van der Waals surface area contributed by atoms with E-state index in [4.69, 9.17) is 9.15 Å². The summed E-state index contributed by atoms with van der Waals surface area (Å²) in [5.74, 6) is 0.471. The van der Waals surface area contributed by atoms with Crippen molar-refractivity contribution in [1.82, 2.24) is 9.55 Å². The van der Waals surface area contributed by atoms with Crippen molar-refractivity contribution in [1.29, 1.82) is 0 Å². The van der Waals surface area contributed by atoms with Gasteiger partial charge in [0.1, 0.15) is 0 Å². The quantitative estimate of drug-likeness (QED) is 0.592. The lowest BCUT2D eigenvalue weighted by molar-refractivity contribution is 0.0993. The summed E-state index contributed by atoms with van der Waals surface area (Å²) in [6, 6.07) is 9.58. The maximum atomic E-state index is 12.5. The van der Waals surface area contributed by atoms with Gasteiger partial charge in [-0.1, -0.05) is 12.1 Å². The molecule has 0 aliphatic carbocycles. The minimum absolute atomic E-state index is 0.278. The Labute approximate surface area is 154 Å². The van der Waals surface area contributed by atoms with E-state index in [0.717, 1.165) is 23.0 Å². The molecule has 6 nitrogen and oxygen atoms in total. The van der Waals surface area contributed by atoms with E-state index >= 15 is 0 Å². The Morgan fingerprint density at radius 2 is 2.20 bits per heavy atom. The summed E-state index contributed by atoms with van der Waals surface area (Å²) in [6.07, 6.45) is 0.836. The number of carbonyl (C=O) groups is 1. The molecule has 0 saturated carbocycles. The molecule has 2 aromatic heterocycles. The number of aromatic nitrogens is 2. The fraction of sp³-hybridized carbons (Fsp3) is 0.333. The molecule has 1 amide bonds. The third-order valence-corrected chi connectivity index (χ3v) is 4.24. The Balaban J connectivity index is 1.86. The summed E-state index contributed by atoms with van der Waals surface area (Å²) >= 11 is 3.25. The van der Waals surface area contributed by atoms with Gasteiger partial charge in [-0.2, -0.15) is 0 Å². The van der Waals surface area contributed by atoms with Crippen molar-refractivity contribution in [2.24, 2.45) is 0 Å². The molecule has 0 spiro atoms. The van der Waals surface area contributed by atoms with Crippen LogP contribution >= 0.6 is 15.9 Å². The van der Waals surface area contributed by atoms with Gasteiger partial charge in [-0.05, 0) is 54.4 Å². The van der Waals surface area contributed by atoms with Crippen LogP contribution in [0.5, 0.6) is 0 Å². The predicted octanol–water partition coefficient (Wildman–Crippen LogP) is 4.38. The molecule has 0 saturated heterocycles. The van der Waals surface area contributed by atoms with Crippen LogP contribution in [0.15, 0.2) is 39.4 Å². The van der Waals surface area contributed by atoms with E-state index in [0.29, 0.717) is 30.4 Å². The van der Waals surface area contributed by atoms with Crippen molar-refractivity contribution in [2.75, 3.05) is 18.5 Å². The Bertz CT molecular complexity index is 885. The molecule has 0 radical (unpaired) electrons. The average Bonchev–Trinajstić information content (AvgIpc) is 3.11. The highest BCUT2D eigenvalue weighted by molar-refractivity contribution is 9.10. The molecule has 3 rings (SSSR count). The van der Waals surface area contributed by atoms with Crippen molar-refractivity contribution in [3.63, 3.8) is 0 Å². The van der Waals surface area contributed by atoms with Crippen LogP contribution in [-0.4, -0.2) is 28.7 Å². The molecule has 0 atom stereocenters. The number of carbonyl (C=O) groups excluding carboxylic acids is 1. The van der Waals surface area contributed by atoms with Gasteiger partial charge in [0.05, 0.1) is 11.0 Å². The van der Waals surface area contributed by atoms with Gasteiger partial charge in [-0.3, -0.25) is 10.1 Å². The van der Waals surface area contributed by atoms with E-state index in [9.17, 15) is 4.79 Å². The minimum atomic E-state index is -0.315. The van der Waals surface area contributed by atoms with E-state index in [2.05, 4.69) is 26.2 Å². The zero-order valence-corrected chi connectivity index (χ0v) is 15.8. The summed E-state index contributed by atoms with van der Waals surface area (Å²) < 4.78 is 13.4. The fourth-order valence-electron chi connectivity index (χ4n) is 2.69. The standard InChI is InChI=1S/C18H20BrN3O3/c1-3-24-10-6-9-22-14-8-5-4-7-13(14)20-18(22)21-17(23)16-12(2)11-15(19)25-16/h4-5,7-8,11H,3,6,9-10H2,1-2H3,(H,20,21,23). The molecule has 25 heavy (non-hydrogen) atoms. The van der Waals surface area contributed by atoms with Crippen LogP contribution in [0, 0.1) is 6.92 Å². The number of hydrogen-bond acceptors (Lipinski definition) is 4. The SMILES string of the molecule is CCOCCCn1c(NC(=O)c2oc(Br)cc2C)nc2ccccc21. The first-order valence-electron chi connectivity index (χ1n) is 8.20. The third kappa shape index (κ3) is 3.93. The summed E-state index contributed by atoms with van der Waals surface area (Å²) in [5, 5.41) is 2.87. The van der Waals surface area contributed by atoms with Gasteiger partial charge in [-0.15, -0.1) is 0 Å². The second kappa shape index (κ2) is 7.84. The molecule has 1 N–H and O–H groups in total. The molecule has 0 unspecified atom stereocenters. The average molecular weight is 406 g/mol. The second-order valence-electron chi connectivity index (χ2n) is 5.64. The molecular weight excluding hydrogens is 386 g/mol. The first kappa shape index (κ1) is 17.7. The predicted molar refractivity (Wildman–Crippen MR) is 99.9 cm³/mol. The fourth-order valence-corrected chi connectivity index (χ4v) is 3.20. The summed E-state index contributed by atoms with van der Waals surface area (Å²) in [4.78, 5) is 17.1. The normalized spacial score (nSPS) is 11.2. The highest BCUT2D eigenvalue weighted by atomic mass is 79.9. The number of anilines is 1. The van der Waals surface area contributed by atoms with Crippen molar-refractivity contribution in [3.05, 3.63) is 46.3 Å². The third-order valence-electron chi connectivity index (χ3n) is 3.85. The largest absolute Gasteiger partial charge is 0.444 e. The van der Waals surface area contributed by atoms with Gasteiger partial charge in [-0.25, -0.2) is 4.98 Å². The molecule has 0 aliphatic rings. The van der Waals surface area contributed by atoms with Gasteiger partial charge < -0.3 is 13.7 Å². The number of hydrogen-bond donors (Lipinski definition) is 1. The van der Waals surface area contributed by atoms with E-state index in [1.807, 2.05) is 42.7 Å². The van der Waals surface area contributed by atoms with E-state index in [1.54, 1.807) is 6.07 Å². The van der Waals surface area contributed by atoms with Crippen LogP contribution in [0.2, 0.25) is 0 Å². The molecular formula is C18H20BrN3O3. The van der Waals surface area contributed by atoms with Gasteiger partial charge in [0, 0.05) is 25.3 Å². The maximum Gasteiger partial charge on any atom is 0.294 e. The minimum Gasteiger partial charge on any atom is -0.444 e. The Hall–Kier alpha value is -2.12. The highest BCUT2D eigenvalue weighted by Gasteiger charge is 2.19. The number of furan rings is 1. The Kier molecular flexibility index (Phi) is 5.55. The van der Waals surface area contributed by atoms with Crippen LogP contribution in [0.4, 0.5) is 5.95 Å². The smallest absolute Gasteiger partial charge is 0.294 e. The van der Waals surface area contributed by atoms with Crippen LogP contribution < -0.4 is 5.32 Å². The van der Waals surface area contributed by atoms with Gasteiger partial charge >= 0.3 is 0 Å². The second-order valence-corrected chi connectivity index (χ2v) is 6.42. The van der Waals surface area contributed by atoms with E-state index < -0.39 is 0 Å². The van der Waals surface area contributed by atoms with Gasteiger partial charge in [0.25, 0.3) is 5.91 Å². The zero-order chi connectivity index (χ0) is 17.8. The first-order valence-corrected chi connectivity index (χ1v) is 8.99. The molecule has 2 heterocycles. The lowest BCUT2D eigenvalue weighted by Crippen LogP contribution is -2.16. The number of amides is 1. The number of ether oxygens (including phenoxy) is 1. The maximum absolute atomic E-state index is 12.5. The van der Waals surface area contributed by atoms with Crippen LogP contribution in [-0.2, 0) is 11.3 Å². The van der Waals surface area contributed by atoms with E-state index in [-0.39, 0.29) is 11.7 Å². The lowest BCUT2D eigenvalue weighted by atomic mass is 10.3. The molecule has 0 fully saturated rings. The summed E-state index contributed by atoms with van der Waals surface area (Å²) in [5.41, 5.74) is 2.58. The van der Waals surface area contributed by atoms with Crippen LogP contribution in [0.3, 0.4) is 0 Å². The van der Waals surface area contributed by atoms with Crippen LogP contribution in [0.25, 0.3) is 11.0 Å². The van der Waals surface area contributed by atoms with Crippen molar-refractivity contribution < 1.29 is 13.9 Å². The van der Waals surface area contributed by atoms with E-state index in [1.165, 1.54) is 0 Å². The zero-order valence-electron chi connectivity index (χ0n) is 14.2. The van der Waals surface area contributed by atoms with Crippen LogP contribution in [0.1, 0.15) is 29.5 Å². The van der Waals surface area contributed by atoms with Crippen molar-refractivity contribution in [3.8, 4) is 0 Å². The molecule has 1 aromatic carbocycles. The summed E-state index contributed by atoms with van der Waals surface area (Å²) in [6.45, 7) is 5.87. The Morgan fingerprint density at radius 1 is 1.40 bits per heavy atom. The topological polar surface area (TPSA) is 69.3 Å². The van der Waals surface area contributed by atoms with Crippen molar-refractivity contribution in [2.45, 2.75) is 26.8 Å². The number of nitrogens with one attached hydrogen (secondary N) is 1. The number of imidazole rings is 1. The van der Waals surface area contributed by atoms with Gasteiger partial charge in [0.2, 0.25) is 5.95 Å². The number of para-hydroxylation sites is 2. The molecule has 7 heteroatoms. The van der Waals surface area contributed by atoms with Gasteiger partial charge in [0.15, 0.2) is 10.4 Å². The Morgan fingerprint density at radius 3 is 2.92 bits per heavy atom. The lowest BCUT2D eigenvalue weighted by Gasteiger charge is -2.10. The van der Waals surface area contributed by atoms with Crippen molar-refractivity contribution >= 4 is 38.8 Å².